The highest BCUT2D eigenvalue weighted by molar-refractivity contribution is 5.84. The Hall–Kier alpha value is -2.93. The van der Waals surface area contributed by atoms with Crippen molar-refractivity contribution in [3.63, 3.8) is 0 Å². The Morgan fingerprint density at radius 3 is 2.46 bits per heavy atom. The van der Waals surface area contributed by atoms with E-state index in [9.17, 15) is 14.9 Å². The third kappa shape index (κ3) is 5.69. The van der Waals surface area contributed by atoms with Gasteiger partial charge in [0.25, 0.3) is 5.69 Å². The van der Waals surface area contributed by atoms with E-state index in [4.69, 9.17) is 4.74 Å². The normalized spacial score (nSPS) is 10.4. The monoisotopic (exact) mass is 329 g/mol. The number of carbonyl (C=O) groups excluding carboxylic acids is 1. The molecule has 7 nitrogen and oxygen atoms in total. The van der Waals surface area contributed by atoms with Gasteiger partial charge in [0, 0.05) is 30.9 Å². The fraction of sp³-hybridized carbons (Fsp3) is 0.235. The van der Waals surface area contributed by atoms with Gasteiger partial charge < -0.3 is 4.74 Å². The number of hydrogen-bond acceptors (Lipinski definition) is 5. The molecule has 0 bridgehead atoms. The van der Waals surface area contributed by atoms with Crippen LogP contribution in [0.4, 0.5) is 16.2 Å². The Kier molecular flexibility index (Phi) is 6.27. The van der Waals surface area contributed by atoms with Crippen LogP contribution in [0.2, 0.25) is 0 Å². The molecule has 0 aromatic heterocycles. The Labute approximate surface area is 140 Å². The van der Waals surface area contributed by atoms with E-state index < -0.39 is 11.0 Å². The van der Waals surface area contributed by atoms with Crippen LogP contribution in [0, 0.1) is 10.1 Å². The van der Waals surface area contributed by atoms with Crippen molar-refractivity contribution in [2.75, 3.05) is 25.5 Å². The van der Waals surface area contributed by atoms with Crippen molar-refractivity contribution < 1.29 is 14.5 Å². The predicted molar refractivity (Wildman–Crippen MR) is 90.8 cm³/mol. The average Bonchev–Trinajstić information content (AvgIpc) is 2.56. The summed E-state index contributed by atoms with van der Waals surface area (Å²) in [6.07, 6.45) is -0.586. The lowest BCUT2D eigenvalue weighted by Gasteiger charge is -2.16. The Bertz CT molecular complexity index is 674. The first-order chi connectivity index (χ1) is 11.5. The Morgan fingerprint density at radius 1 is 1.17 bits per heavy atom. The molecular formula is C17H19N3O4. The largest absolute Gasteiger partial charge is 0.448 e. The molecule has 2 rings (SSSR count). The molecule has 0 atom stereocenters. The van der Waals surface area contributed by atoms with Crippen molar-refractivity contribution in [1.29, 1.82) is 0 Å². The van der Waals surface area contributed by atoms with E-state index in [0.717, 1.165) is 6.54 Å². The summed E-state index contributed by atoms with van der Waals surface area (Å²) in [6.45, 7) is 1.62. The fourth-order valence-electron chi connectivity index (χ4n) is 2.09. The molecule has 2 aromatic rings. The van der Waals surface area contributed by atoms with Crippen LogP contribution in [0.15, 0.2) is 54.6 Å². The maximum absolute atomic E-state index is 11.7. The maximum atomic E-state index is 11.7. The van der Waals surface area contributed by atoms with E-state index in [1.807, 2.05) is 37.4 Å². The number of non-ortho nitro benzene ring substituents is 1. The van der Waals surface area contributed by atoms with Crippen LogP contribution >= 0.6 is 0 Å². The number of anilines is 1. The lowest BCUT2D eigenvalue weighted by atomic mass is 10.2. The minimum Gasteiger partial charge on any atom is -0.448 e. The van der Waals surface area contributed by atoms with Gasteiger partial charge in [-0.05, 0) is 24.7 Å². The third-order valence-electron chi connectivity index (χ3n) is 3.33. The fourth-order valence-corrected chi connectivity index (χ4v) is 2.09. The smallest absolute Gasteiger partial charge is 0.411 e. The summed E-state index contributed by atoms with van der Waals surface area (Å²) >= 11 is 0. The van der Waals surface area contributed by atoms with E-state index in [0.29, 0.717) is 12.2 Å². The van der Waals surface area contributed by atoms with Gasteiger partial charge in [0.2, 0.25) is 0 Å². The molecule has 1 amide bonds. The van der Waals surface area contributed by atoms with Crippen LogP contribution < -0.4 is 5.32 Å². The highest BCUT2D eigenvalue weighted by Crippen LogP contribution is 2.15. The molecule has 0 fully saturated rings. The SMILES string of the molecule is CN(CCOC(=O)Nc1ccc([N+](=O)[O-])cc1)Cc1ccccc1. The second-order valence-corrected chi connectivity index (χ2v) is 5.29. The van der Waals surface area contributed by atoms with Gasteiger partial charge in [-0.3, -0.25) is 20.3 Å². The van der Waals surface area contributed by atoms with E-state index in [-0.39, 0.29) is 12.3 Å². The first kappa shape index (κ1) is 17.4. The summed E-state index contributed by atoms with van der Waals surface area (Å²) in [5.74, 6) is 0. The van der Waals surface area contributed by atoms with Crippen LogP contribution in [0.1, 0.15) is 5.56 Å². The molecule has 0 aliphatic heterocycles. The van der Waals surface area contributed by atoms with E-state index >= 15 is 0 Å². The van der Waals surface area contributed by atoms with Crippen LogP contribution in [-0.4, -0.2) is 36.1 Å². The summed E-state index contributed by atoms with van der Waals surface area (Å²) in [5, 5.41) is 13.1. The number of nitro benzene ring substituents is 1. The molecule has 7 heteroatoms. The van der Waals surface area contributed by atoms with E-state index in [1.54, 1.807) is 0 Å². The second kappa shape index (κ2) is 8.64. The lowest BCUT2D eigenvalue weighted by Crippen LogP contribution is -2.25. The number of ether oxygens (including phenoxy) is 1. The first-order valence-corrected chi connectivity index (χ1v) is 7.45. The quantitative estimate of drug-likeness (QED) is 0.622. The summed E-state index contributed by atoms with van der Waals surface area (Å²) in [4.78, 5) is 23.8. The van der Waals surface area contributed by atoms with Gasteiger partial charge in [0.1, 0.15) is 6.61 Å². The summed E-state index contributed by atoms with van der Waals surface area (Å²) in [7, 11) is 1.95. The molecule has 2 aromatic carbocycles. The molecule has 0 spiro atoms. The van der Waals surface area contributed by atoms with Crippen LogP contribution in [0.25, 0.3) is 0 Å². The molecule has 0 saturated carbocycles. The Balaban J connectivity index is 1.70. The van der Waals surface area contributed by atoms with Gasteiger partial charge in [-0.15, -0.1) is 0 Å². The van der Waals surface area contributed by atoms with Gasteiger partial charge in [-0.1, -0.05) is 30.3 Å². The number of likely N-dealkylation sites (N-methyl/N-ethyl adjacent to an activating group) is 1. The number of benzene rings is 2. The molecule has 0 radical (unpaired) electrons. The molecule has 0 unspecified atom stereocenters. The summed E-state index contributed by atoms with van der Waals surface area (Å²) < 4.78 is 5.11. The number of nitro groups is 1. The zero-order chi connectivity index (χ0) is 17.4. The van der Waals surface area contributed by atoms with Crippen molar-refractivity contribution in [2.24, 2.45) is 0 Å². The van der Waals surface area contributed by atoms with Gasteiger partial charge in [0.05, 0.1) is 4.92 Å². The Morgan fingerprint density at radius 2 is 1.83 bits per heavy atom. The molecule has 0 saturated heterocycles. The highest BCUT2D eigenvalue weighted by atomic mass is 16.6. The van der Waals surface area contributed by atoms with Crippen LogP contribution in [-0.2, 0) is 11.3 Å². The number of hydrogen-bond donors (Lipinski definition) is 1. The molecular weight excluding hydrogens is 310 g/mol. The molecule has 0 heterocycles. The number of carbonyl (C=O) groups is 1. The number of nitrogens with one attached hydrogen (secondary N) is 1. The second-order valence-electron chi connectivity index (χ2n) is 5.29. The summed E-state index contributed by atoms with van der Waals surface area (Å²) in [5.41, 5.74) is 1.61. The minimum absolute atomic E-state index is 0.0311. The zero-order valence-electron chi connectivity index (χ0n) is 13.3. The number of rotatable bonds is 7. The summed E-state index contributed by atoms with van der Waals surface area (Å²) in [6, 6.07) is 15.6. The van der Waals surface area contributed by atoms with Gasteiger partial charge in [-0.25, -0.2) is 4.79 Å². The maximum Gasteiger partial charge on any atom is 0.411 e. The minimum atomic E-state index is -0.586. The van der Waals surface area contributed by atoms with Crippen molar-refractivity contribution in [3.05, 3.63) is 70.3 Å². The molecule has 1 N–H and O–H groups in total. The first-order valence-electron chi connectivity index (χ1n) is 7.45. The van der Waals surface area contributed by atoms with E-state index in [1.165, 1.54) is 29.8 Å². The van der Waals surface area contributed by atoms with Crippen LogP contribution in [0.5, 0.6) is 0 Å². The van der Waals surface area contributed by atoms with Crippen molar-refractivity contribution in [2.45, 2.75) is 6.54 Å². The topological polar surface area (TPSA) is 84.7 Å². The van der Waals surface area contributed by atoms with Crippen molar-refractivity contribution in [3.8, 4) is 0 Å². The molecule has 0 aliphatic rings. The number of nitrogens with zero attached hydrogens (tertiary/aromatic N) is 2. The lowest BCUT2D eigenvalue weighted by molar-refractivity contribution is -0.384. The molecule has 126 valence electrons. The van der Waals surface area contributed by atoms with Gasteiger partial charge >= 0.3 is 6.09 Å². The molecule has 24 heavy (non-hydrogen) atoms. The predicted octanol–water partition coefficient (Wildman–Crippen LogP) is 3.28. The zero-order valence-corrected chi connectivity index (χ0v) is 13.3. The van der Waals surface area contributed by atoms with Gasteiger partial charge in [-0.2, -0.15) is 0 Å². The third-order valence-corrected chi connectivity index (χ3v) is 3.33. The average molecular weight is 329 g/mol. The van der Waals surface area contributed by atoms with Gasteiger partial charge in [0.15, 0.2) is 0 Å². The van der Waals surface area contributed by atoms with Crippen LogP contribution in [0.3, 0.4) is 0 Å². The van der Waals surface area contributed by atoms with Crippen molar-refractivity contribution >= 4 is 17.5 Å². The number of amides is 1. The highest BCUT2D eigenvalue weighted by Gasteiger charge is 2.07. The standard InChI is InChI=1S/C17H19N3O4/c1-19(13-14-5-3-2-4-6-14)11-12-24-17(21)18-15-7-9-16(10-8-15)20(22)23/h2-10H,11-13H2,1H3,(H,18,21). The molecule has 0 aliphatic carbocycles. The van der Waals surface area contributed by atoms with E-state index in [2.05, 4.69) is 10.2 Å². The van der Waals surface area contributed by atoms with Crippen molar-refractivity contribution in [1.82, 2.24) is 4.90 Å².